The first-order valence-electron chi connectivity index (χ1n) is 7.48. The second kappa shape index (κ2) is 6.74. The SMILES string of the molecule is Cc1c(CC(=O)N[C@H](C(=O)O)C(C)C)c(=O)oc2cc(O)ccc12. The van der Waals surface area contributed by atoms with E-state index in [2.05, 4.69) is 5.32 Å². The van der Waals surface area contributed by atoms with Gasteiger partial charge in [-0.1, -0.05) is 13.8 Å². The molecule has 1 aromatic heterocycles. The van der Waals surface area contributed by atoms with Gasteiger partial charge >= 0.3 is 11.6 Å². The molecule has 0 aliphatic rings. The number of hydrogen-bond acceptors (Lipinski definition) is 5. The van der Waals surface area contributed by atoms with Gasteiger partial charge in [0.2, 0.25) is 5.91 Å². The molecular weight excluding hydrogens is 314 g/mol. The molecule has 0 saturated heterocycles. The van der Waals surface area contributed by atoms with Crippen LogP contribution in [0.1, 0.15) is 25.0 Å². The van der Waals surface area contributed by atoms with Crippen molar-refractivity contribution in [1.82, 2.24) is 5.32 Å². The number of amides is 1. The number of rotatable bonds is 5. The van der Waals surface area contributed by atoms with Crippen molar-refractivity contribution in [2.45, 2.75) is 33.2 Å². The minimum absolute atomic E-state index is 0.0308. The zero-order valence-corrected chi connectivity index (χ0v) is 13.6. The molecule has 128 valence electrons. The Hall–Kier alpha value is -2.83. The van der Waals surface area contributed by atoms with Crippen molar-refractivity contribution in [3.63, 3.8) is 0 Å². The topological polar surface area (TPSA) is 117 Å². The number of carboxylic acid groups (broad SMARTS) is 1. The van der Waals surface area contributed by atoms with E-state index >= 15 is 0 Å². The summed E-state index contributed by atoms with van der Waals surface area (Å²) >= 11 is 0. The molecule has 0 radical (unpaired) electrons. The highest BCUT2D eigenvalue weighted by molar-refractivity contribution is 5.87. The third kappa shape index (κ3) is 3.56. The normalized spacial score (nSPS) is 12.3. The van der Waals surface area contributed by atoms with Crippen LogP contribution in [0.5, 0.6) is 5.75 Å². The monoisotopic (exact) mass is 333 g/mol. The maximum absolute atomic E-state index is 12.1. The number of phenols is 1. The molecule has 3 N–H and O–H groups in total. The summed E-state index contributed by atoms with van der Waals surface area (Å²) in [4.78, 5) is 35.4. The molecule has 0 aliphatic carbocycles. The minimum Gasteiger partial charge on any atom is -0.508 e. The molecule has 0 saturated carbocycles. The number of carbonyl (C=O) groups excluding carboxylic acids is 1. The van der Waals surface area contributed by atoms with Crippen LogP contribution < -0.4 is 10.9 Å². The molecule has 2 aromatic rings. The maximum Gasteiger partial charge on any atom is 0.340 e. The Balaban J connectivity index is 2.33. The number of fused-ring (bicyclic) bond motifs is 1. The fraction of sp³-hybridized carbons (Fsp3) is 0.353. The highest BCUT2D eigenvalue weighted by atomic mass is 16.4. The number of aliphatic carboxylic acids is 1. The fourth-order valence-corrected chi connectivity index (χ4v) is 2.49. The van der Waals surface area contributed by atoms with Gasteiger partial charge < -0.3 is 19.9 Å². The Morgan fingerprint density at radius 1 is 1.29 bits per heavy atom. The van der Waals surface area contributed by atoms with E-state index in [9.17, 15) is 19.5 Å². The molecule has 0 aliphatic heterocycles. The van der Waals surface area contributed by atoms with Gasteiger partial charge in [-0.2, -0.15) is 0 Å². The second-order valence-corrected chi connectivity index (χ2v) is 5.98. The molecule has 0 unspecified atom stereocenters. The number of benzene rings is 1. The van der Waals surface area contributed by atoms with E-state index in [-0.39, 0.29) is 29.2 Å². The summed E-state index contributed by atoms with van der Waals surface area (Å²) in [5.41, 5.74) is 0.274. The average molecular weight is 333 g/mol. The molecule has 0 bridgehead atoms. The van der Waals surface area contributed by atoms with Crippen molar-refractivity contribution >= 4 is 22.8 Å². The first-order valence-corrected chi connectivity index (χ1v) is 7.48. The number of nitrogens with one attached hydrogen (secondary N) is 1. The summed E-state index contributed by atoms with van der Waals surface area (Å²) in [5, 5.41) is 21.6. The molecular formula is C17H19NO6. The second-order valence-electron chi connectivity index (χ2n) is 5.98. The largest absolute Gasteiger partial charge is 0.508 e. The van der Waals surface area contributed by atoms with Gasteiger partial charge in [0, 0.05) is 11.5 Å². The number of aryl methyl sites for hydroxylation is 1. The van der Waals surface area contributed by atoms with Gasteiger partial charge in [-0.15, -0.1) is 0 Å². The van der Waals surface area contributed by atoms with E-state index in [0.717, 1.165) is 0 Å². The Morgan fingerprint density at radius 2 is 1.96 bits per heavy atom. The van der Waals surface area contributed by atoms with Gasteiger partial charge in [-0.05, 0) is 30.5 Å². The predicted octanol–water partition coefficient (Wildman–Crippen LogP) is 1.57. The van der Waals surface area contributed by atoms with Crippen molar-refractivity contribution in [2.75, 3.05) is 0 Å². The Kier molecular flexibility index (Phi) is 4.92. The Morgan fingerprint density at radius 3 is 2.54 bits per heavy atom. The van der Waals surface area contributed by atoms with Gasteiger partial charge in [0.1, 0.15) is 17.4 Å². The predicted molar refractivity (Wildman–Crippen MR) is 87.0 cm³/mol. The lowest BCUT2D eigenvalue weighted by atomic mass is 10.0. The average Bonchev–Trinajstić information content (AvgIpc) is 2.48. The summed E-state index contributed by atoms with van der Waals surface area (Å²) in [5.74, 6) is -2.01. The number of hydrogen-bond donors (Lipinski definition) is 3. The number of aromatic hydroxyl groups is 1. The van der Waals surface area contributed by atoms with Crippen molar-refractivity contribution in [3.8, 4) is 5.75 Å². The zero-order chi connectivity index (χ0) is 18.0. The van der Waals surface area contributed by atoms with E-state index in [1.807, 2.05) is 0 Å². The molecule has 1 aromatic carbocycles. The number of phenolic OH excluding ortho intramolecular Hbond substituents is 1. The molecule has 1 amide bonds. The van der Waals surface area contributed by atoms with Crippen LogP contribution >= 0.6 is 0 Å². The van der Waals surface area contributed by atoms with E-state index in [0.29, 0.717) is 10.9 Å². The van der Waals surface area contributed by atoms with Gasteiger partial charge in [0.15, 0.2) is 0 Å². The van der Waals surface area contributed by atoms with Crippen molar-refractivity contribution in [2.24, 2.45) is 5.92 Å². The lowest BCUT2D eigenvalue weighted by Crippen LogP contribution is -2.45. The quantitative estimate of drug-likeness (QED) is 0.715. The van der Waals surface area contributed by atoms with E-state index in [4.69, 9.17) is 9.52 Å². The molecule has 0 fully saturated rings. The Labute approximate surface area is 137 Å². The van der Waals surface area contributed by atoms with Crippen LogP contribution in [0.2, 0.25) is 0 Å². The van der Waals surface area contributed by atoms with Crippen LogP contribution in [0.3, 0.4) is 0 Å². The van der Waals surface area contributed by atoms with Crippen molar-refractivity contribution in [1.29, 1.82) is 0 Å². The highest BCUT2D eigenvalue weighted by Crippen LogP contribution is 2.23. The molecule has 1 heterocycles. The van der Waals surface area contributed by atoms with Gasteiger partial charge in [-0.3, -0.25) is 4.79 Å². The van der Waals surface area contributed by atoms with Gasteiger partial charge in [-0.25, -0.2) is 9.59 Å². The number of carboxylic acids is 1. The number of carbonyl (C=O) groups is 2. The lowest BCUT2D eigenvalue weighted by molar-refractivity contribution is -0.143. The van der Waals surface area contributed by atoms with Crippen molar-refractivity contribution < 1.29 is 24.2 Å². The van der Waals surface area contributed by atoms with Gasteiger partial charge in [0.25, 0.3) is 0 Å². The van der Waals surface area contributed by atoms with Crippen LogP contribution in [0.25, 0.3) is 11.0 Å². The van der Waals surface area contributed by atoms with Crippen LogP contribution in [0.15, 0.2) is 27.4 Å². The molecule has 1 atom stereocenters. The first-order chi connectivity index (χ1) is 11.2. The molecule has 24 heavy (non-hydrogen) atoms. The van der Waals surface area contributed by atoms with Crippen molar-refractivity contribution in [3.05, 3.63) is 39.7 Å². The first kappa shape index (κ1) is 17.5. The summed E-state index contributed by atoms with van der Waals surface area (Å²) in [7, 11) is 0. The Bertz CT molecular complexity index is 852. The van der Waals surface area contributed by atoms with Crippen LogP contribution in [-0.4, -0.2) is 28.1 Å². The zero-order valence-electron chi connectivity index (χ0n) is 13.6. The molecule has 7 nitrogen and oxygen atoms in total. The fourth-order valence-electron chi connectivity index (χ4n) is 2.49. The summed E-state index contributed by atoms with van der Waals surface area (Å²) in [6.45, 7) is 5.04. The molecule has 2 rings (SSSR count). The maximum atomic E-state index is 12.1. The minimum atomic E-state index is -1.13. The van der Waals surface area contributed by atoms with Crippen LogP contribution in [0.4, 0.5) is 0 Å². The third-order valence-electron chi connectivity index (χ3n) is 3.86. The van der Waals surface area contributed by atoms with Gasteiger partial charge in [0.05, 0.1) is 12.0 Å². The summed E-state index contributed by atoms with van der Waals surface area (Å²) < 4.78 is 5.14. The van der Waals surface area contributed by atoms with Crippen LogP contribution in [-0.2, 0) is 16.0 Å². The smallest absolute Gasteiger partial charge is 0.340 e. The third-order valence-corrected chi connectivity index (χ3v) is 3.86. The molecule has 7 heteroatoms. The van der Waals surface area contributed by atoms with E-state index in [1.165, 1.54) is 12.1 Å². The van der Waals surface area contributed by atoms with E-state index in [1.54, 1.807) is 26.8 Å². The summed E-state index contributed by atoms with van der Waals surface area (Å²) in [6.07, 6.45) is -0.276. The van der Waals surface area contributed by atoms with Crippen LogP contribution in [0, 0.1) is 12.8 Å². The lowest BCUT2D eigenvalue weighted by Gasteiger charge is -2.18. The standard InChI is InChI=1S/C17H19NO6/c1-8(2)15(16(21)22)18-14(20)7-12-9(3)11-5-4-10(19)6-13(11)24-17(12)23/h4-6,8,15,19H,7H2,1-3H3,(H,18,20)(H,21,22)/t15-/m0/s1. The summed E-state index contributed by atoms with van der Waals surface area (Å²) in [6, 6.07) is 3.35. The highest BCUT2D eigenvalue weighted by Gasteiger charge is 2.24. The molecule has 0 spiro atoms. The van der Waals surface area contributed by atoms with E-state index < -0.39 is 23.5 Å².